The molecule has 3 rings (SSSR count). The molecular weight excluding hydrogens is 370 g/mol. The van der Waals surface area contributed by atoms with Crippen molar-refractivity contribution < 1.29 is 14.4 Å². The Kier molecular flexibility index (Phi) is 6.71. The molecule has 2 saturated heterocycles. The van der Waals surface area contributed by atoms with Crippen LogP contribution in [0.2, 0.25) is 0 Å². The Bertz CT molecular complexity index is 760. The Morgan fingerprint density at radius 2 is 2.03 bits per heavy atom. The number of hydrogen-bond donors (Lipinski definition) is 2. The maximum Gasteiger partial charge on any atom is 0.227 e. The lowest BCUT2D eigenvalue weighted by Gasteiger charge is -2.32. The highest BCUT2D eigenvalue weighted by Gasteiger charge is 2.34. The van der Waals surface area contributed by atoms with Crippen molar-refractivity contribution in [3.63, 3.8) is 0 Å². The first-order valence-electron chi connectivity index (χ1n) is 10.3. The largest absolute Gasteiger partial charge is 0.356 e. The smallest absolute Gasteiger partial charge is 0.227 e. The molecule has 3 amide bonds. The molecule has 1 unspecified atom stereocenters. The molecule has 0 spiro atoms. The number of rotatable bonds is 7. The molecule has 0 aliphatic carbocycles. The summed E-state index contributed by atoms with van der Waals surface area (Å²) in [5, 5.41) is 10.1. The first-order valence-corrected chi connectivity index (χ1v) is 10.3. The van der Waals surface area contributed by atoms with Crippen molar-refractivity contribution in [2.45, 2.75) is 39.5 Å². The van der Waals surface area contributed by atoms with E-state index in [4.69, 9.17) is 0 Å². The van der Waals surface area contributed by atoms with E-state index in [0.717, 1.165) is 29.8 Å². The van der Waals surface area contributed by atoms with Crippen LogP contribution >= 0.6 is 0 Å². The van der Waals surface area contributed by atoms with Crippen LogP contribution in [0, 0.1) is 25.7 Å². The zero-order valence-electron chi connectivity index (χ0n) is 17.4. The molecule has 8 heteroatoms. The minimum absolute atomic E-state index is 0.0139. The molecule has 0 saturated carbocycles. The molecule has 29 heavy (non-hydrogen) atoms. The highest BCUT2D eigenvalue weighted by molar-refractivity contribution is 5.89. The molecule has 0 radical (unpaired) electrons. The van der Waals surface area contributed by atoms with E-state index in [1.807, 2.05) is 18.7 Å². The van der Waals surface area contributed by atoms with E-state index >= 15 is 0 Å². The Morgan fingerprint density at radius 3 is 2.66 bits per heavy atom. The molecule has 158 valence electrons. The number of likely N-dealkylation sites (tertiary alicyclic amines) is 2. The van der Waals surface area contributed by atoms with Crippen molar-refractivity contribution >= 4 is 17.7 Å². The lowest BCUT2D eigenvalue weighted by Crippen LogP contribution is -2.43. The van der Waals surface area contributed by atoms with Crippen molar-refractivity contribution in [3.05, 3.63) is 29.6 Å². The van der Waals surface area contributed by atoms with Gasteiger partial charge in [0.15, 0.2) is 0 Å². The van der Waals surface area contributed by atoms with Crippen molar-refractivity contribution in [2.75, 3.05) is 32.7 Å². The topological polar surface area (TPSA) is 98.4 Å². The van der Waals surface area contributed by atoms with Crippen molar-refractivity contribution in [3.8, 4) is 0 Å². The summed E-state index contributed by atoms with van der Waals surface area (Å²) in [6.07, 6.45) is 4.09. The zero-order valence-corrected chi connectivity index (χ0v) is 17.4. The van der Waals surface area contributed by atoms with Crippen molar-refractivity contribution in [2.24, 2.45) is 11.8 Å². The number of aromatic nitrogens is 2. The number of amides is 3. The Balaban J connectivity index is 1.40. The molecule has 2 aliphatic rings. The molecule has 1 aromatic rings. The summed E-state index contributed by atoms with van der Waals surface area (Å²) in [6.45, 7) is 10.5. The molecule has 2 aliphatic heterocycles. The third-order valence-electron chi connectivity index (χ3n) is 6.08. The molecule has 0 bridgehead atoms. The van der Waals surface area contributed by atoms with Crippen LogP contribution in [0.25, 0.3) is 0 Å². The predicted octanol–water partition coefficient (Wildman–Crippen LogP) is 0.958. The van der Waals surface area contributed by atoms with Crippen LogP contribution in [0.3, 0.4) is 0 Å². The fourth-order valence-electron chi connectivity index (χ4n) is 4.15. The summed E-state index contributed by atoms with van der Waals surface area (Å²) in [7, 11) is 0. The van der Waals surface area contributed by atoms with E-state index < -0.39 is 0 Å². The molecule has 0 aromatic carbocycles. The Morgan fingerprint density at radius 1 is 1.31 bits per heavy atom. The van der Waals surface area contributed by atoms with Crippen LogP contribution in [-0.4, -0.2) is 70.4 Å². The highest BCUT2D eigenvalue weighted by atomic mass is 16.2. The van der Waals surface area contributed by atoms with Gasteiger partial charge in [0.1, 0.15) is 0 Å². The van der Waals surface area contributed by atoms with Gasteiger partial charge >= 0.3 is 0 Å². The van der Waals surface area contributed by atoms with E-state index in [1.54, 1.807) is 11.0 Å². The first-order chi connectivity index (χ1) is 13.9. The second kappa shape index (κ2) is 9.24. The minimum atomic E-state index is -0.273. The van der Waals surface area contributed by atoms with Crippen LogP contribution in [0.1, 0.15) is 36.2 Å². The second-order valence-corrected chi connectivity index (χ2v) is 8.15. The summed E-state index contributed by atoms with van der Waals surface area (Å²) in [4.78, 5) is 40.5. The number of nitrogens with one attached hydrogen (secondary N) is 2. The van der Waals surface area contributed by atoms with Gasteiger partial charge in [0, 0.05) is 50.4 Å². The van der Waals surface area contributed by atoms with Crippen molar-refractivity contribution in [1.29, 1.82) is 0 Å². The predicted molar refractivity (Wildman–Crippen MR) is 109 cm³/mol. The lowest BCUT2D eigenvalue weighted by molar-refractivity contribution is -0.132. The number of carbonyl (C=O) groups is 3. The third kappa shape index (κ3) is 5.05. The van der Waals surface area contributed by atoms with Gasteiger partial charge in [-0.2, -0.15) is 5.10 Å². The molecule has 2 N–H and O–H groups in total. The van der Waals surface area contributed by atoms with Crippen LogP contribution < -0.4 is 5.32 Å². The number of aryl methyl sites for hydroxylation is 2. The van der Waals surface area contributed by atoms with Gasteiger partial charge in [-0.05, 0) is 32.6 Å². The number of H-pyrrole nitrogens is 1. The summed E-state index contributed by atoms with van der Waals surface area (Å²) >= 11 is 0. The molecule has 1 aromatic heterocycles. The van der Waals surface area contributed by atoms with E-state index in [1.165, 1.54) is 0 Å². The van der Waals surface area contributed by atoms with Crippen LogP contribution in [0.15, 0.2) is 12.7 Å². The summed E-state index contributed by atoms with van der Waals surface area (Å²) in [5.41, 5.74) is 2.82. The van der Waals surface area contributed by atoms with Gasteiger partial charge in [0.05, 0.1) is 18.0 Å². The van der Waals surface area contributed by atoms with Gasteiger partial charge in [-0.25, -0.2) is 0 Å². The standard InChI is InChI=1S/C21H31N5O3/c1-4-7-26-13-17(10-19(26)27)21(29)22-12-16-5-8-25(9-6-16)20(28)11-18-14(2)23-24-15(18)3/h4,16-17H,1,5-13H2,2-3H3,(H,22,29)(H,23,24). The van der Waals surface area contributed by atoms with Crippen molar-refractivity contribution in [1.82, 2.24) is 25.3 Å². The number of piperidine rings is 1. The normalized spacial score (nSPS) is 20.2. The zero-order chi connectivity index (χ0) is 21.0. The third-order valence-corrected chi connectivity index (χ3v) is 6.08. The quantitative estimate of drug-likeness (QED) is 0.665. The average Bonchev–Trinajstić information content (AvgIpc) is 3.23. The number of carbonyl (C=O) groups excluding carboxylic acids is 3. The fourth-order valence-corrected chi connectivity index (χ4v) is 4.15. The summed E-state index contributed by atoms with van der Waals surface area (Å²) < 4.78 is 0. The highest BCUT2D eigenvalue weighted by Crippen LogP contribution is 2.21. The van der Waals surface area contributed by atoms with Gasteiger partial charge in [-0.1, -0.05) is 6.08 Å². The van der Waals surface area contributed by atoms with Gasteiger partial charge < -0.3 is 15.1 Å². The number of nitrogens with zero attached hydrogens (tertiary/aromatic N) is 3. The lowest BCUT2D eigenvalue weighted by atomic mass is 9.95. The van der Waals surface area contributed by atoms with E-state index in [0.29, 0.717) is 45.1 Å². The van der Waals surface area contributed by atoms with E-state index in [-0.39, 0.29) is 30.1 Å². The Labute approximate surface area is 171 Å². The number of aromatic amines is 1. The van der Waals surface area contributed by atoms with Gasteiger partial charge in [0.2, 0.25) is 17.7 Å². The van der Waals surface area contributed by atoms with Gasteiger partial charge in [-0.15, -0.1) is 6.58 Å². The maximum absolute atomic E-state index is 12.6. The number of hydrogen-bond acceptors (Lipinski definition) is 4. The minimum Gasteiger partial charge on any atom is -0.356 e. The van der Waals surface area contributed by atoms with Crippen LogP contribution in [0.4, 0.5) is 0 Å². The molecular formula is C21H31N5O3. The fraction of sp³-hybridized carbons (Fsp3) is 0.619. The van der Waals surface area contributed by atoms with Gasteiger partial charge in [-0.3, -0.25) is 19.5 Å². The first kappa shape index (κ1) is 21.1. The molecule has 2 fully saturated rings. The van der Waals surface area contributed by atoms with Crippen LogP contribution in [-0.2, 0) is 20.8 Å². The maximum atomic E-state index is 12.6. The van der Waals surface area contributed by atoms with E-state index in [9.17, 15) is 14.4 Å². The van der Waals surface area contributed by atoms with Gasteiger partial charge in [0.25, 0.3) is 0 Å². The van der Waals surface area contributed by atoms with E-state index in [2.05, 4.69) is 22.1 Å². The average molecular weight is 402 g/mol. The molecule has 3 heterocycles. The summed E-state index contributed by atoms with van der Waals surface area (Å²) in [5.74, 6) is 0.188. The monoisotopic (exact) mass is 401 g/mol. The molecule has 1 atom stereocenters. The molecule has 8 nitrogen and oxygen atoms in total. The SMILES string of the molecule is C=CCN1CC(C(=O)NCC2CCN(C(=O)Cc3c(C)n[nH]c3C)CC2)CC1=O. The Hall–Kier alpha value is -2.64. The summed E-state index contributed by atoms with van der Waals surface area (Å²) in [6, 6.07) is 0. The van der Waals surface area contributed by atoms with Crippen LogP contribution in [0.5, 0.6) is 0 Å². The second-order valence-electron chi connectivity index (χ2n) is 8.15.